The third kappa shape index (κ3) is 7.63. The summed E-state index contributed by atoms with van der Waals surface area (Å²) in [7, 11) is 1.83. The van der Waals surface area contributed by atoms with E-state index >= 15 is 0 Å². The van der Waals surface area contributed by atoms with E-state index < -0.39 is 6.10 Å². The summed E-state index contributed by atoms with van der Waals surface area (Å²) in [4.78, 5) is 15.4. The molecule has 1 amide bonds. The molecule has 1 unspecified atom stereocenters. The van der Waals surface area contributed by atoms with Gasteiger partial charge in [-0.3, -0.25) is 9.69 Å². The molecule has 0 rings (SSSR count). The first-order chi connectivity index (χ1) is 8.40. The monoisotopic (exact) mass is 260 g/mol. The quantitative estimate of drug-likeness (QED) is 0.658. The molecule has 0 saturated carbocycles. The summed E-state index contributed by atoms with van der Waals surface area (Å²) in [5.41, 5.74) is 0. The number of aliphatic hydroxyl groups is 1. The van der Waals surface area contributed by atoms with Gasteiger partial charge in [-0.05, 0) is 34.7 Å². The molecule has 108 valence electrons. The van der Waals surface area contributed by atoms with Crippen LogP contribution < -0.4 is 0 Å². The number of carbonyl (C=O) groups is 1. The van der Waals surface area contributed by atoms with Crippen molar-refractivity contribution in [1.82, 2.24) is 9.80 Å². The molecule has 18 heavy (non-hydrogen) atoms. The van der Waals surface area contributed by atoms with Gasteiger partial charge in [0, 0.05) is 19.6 Å². The molecule has 1 atom stereocenters. The average Bonchev–Trinajstić information content (AvgIpc) is 2.27. The van der Waals surface area contributed by atoms with Gasteiger partial charge in [0.2, 0.25) is 5.91 Å². The van der Waals surface area contributed by atoms with Crippen LogP contribution in [-0.4, -0.2) is 72.9 Å². The van der Waals surface area contributed by atoms with Gasteiger partial charge in [-0.1, -0.05) is 0 Å². The first-order valence-corrected chi connectivity index (χ1v) is 6.66. The minimum Gasteiger partial charge on any atom is -0.389 e. The lowest BCUT2D eigenvalue weighted by Gasteiger charge is -2.24. The van der Waals surface area contributed by atoms with E-state index in [1.165, 1.54) is 0 Å². The Hall–Kier alpha value is -0.650. The lowest BCUT2D eigenvalue weighted by molar-refractivity contribution is -0.132. The van der Waals surface area contributed by atoms with Crippen molar-refractivity contribution in [2.24, 2.45) is 0 Å². The second-order valence-electron chi connectivity index (χ2n) is 4.80. The Morgan fingerprint density at radius 1 is 1.28 bits per heavy atom. The summed E-state index contributed by atoms with van der Waals surface area (Å²) in [5.74, 6) is 0.0967. The summed E-state index contributed by atoms with van der Waals surface area (Å²) in [5, 5.41) is 9.74. The molecule has 0 saturated heterocycles. The molecule has 0 heterocycles. The van der Waals surface area contributed by atoms with E-state index in [2.05, 4.69) is 0 Å². The van der Waals surface area contributed by atoms with Gasteiger partial charge in [0.1, 0.15) is 0 Å². The average molecular weight is 260 g/mol. The zero-order valence-electron chi connectivity index (χ0n) is 12.3. The lowest BCUT2D eigenvalue weighted by atomic mass is 10.3. The number of hydrogen-bond acceptors (Lipinski definition) is 4. The van der Waals surface area contributed by atoms with Crippen LogP contribution in [0, 0.1) is 0 Å². The van der Waals surface area contributed by atoms with Gasteiger partial charge in [-0.15, -0.1) is 0 Å². The Morgan fingerprint density at radius 2 is 1.83 bits per heavy atom. The maximum atomic E-state index is 11.8. The van der Waals surface area contributed by atoms with Gasteiger partial charge in [0.25, 0.3) is 0 Å². The van der Waals surface area contributed by atoms with Gasteiger partial charge in [0.05, 0.1) is 25.4 Å². The van der Waals surface area contributed by atoms with E-state index in [0.717, 1.165) is 13.1 Å². The molecule has 1 N–H and O–H groups in total. The molecule has 5 nitrogen and oxygen atoms in total. The molecule has 0 aliphatic heterocycles. The molecule has 0 radical (unpaired) electrons. The van der Waals surface area contributed by atoms with Gasteiger partial charge in [0.15, 0.2) is 0 Å². The van der Waals surface area contributed by atoms with Crippen molar-refractivity contribution in [3.63, 3.8) is 0 Å². The molecule has 0 aromatic rings. The zero-order valence-corrected chi connectivity index (χ0v) is 12.3. The Labute approximate surface area is 111 Å². The molecule has 5 heteroatoms. The first kappa shape index (κ1) is 17.4. The molecule has 0 spiro atoms. The molecule has 0 aromatic carbocycles. The van der Waals surface area contributed by atoms with Crippen molar-refractivity contribution >= 4 is 5.91 Å². The predicted octanol–water partition coefficient (Wildman–Crippen LogP) is 0.573. The first-order valence-electron chi connectivity index (χ1n) is 6.66. The van der Waals surface area contributed by atoms with Crippen LogP contribution in [0.25, 0.3) is 0 Å². The fourth-order valence-electron chi connectivity index (χ4n) is 1.69. The van der Waals surface area contributed by atoms with Crippen LogP contribution in [0.4, 0.5) is 0 Å². The molecule has 0 aliphatic rings. The largest absolute Gasteiger partial charge is 0.389 e. The molecule has 0 fully saturated rings. The number of amides is 1. The topological polar surface area (TPSA) is 53.0 Å². The zero-order chi connectivity index (χ0) is 14.1. The highest BCUT2D eigenvalue weighted by molar-refractivity contribution is 5.78. The molecule has 0 aliphatic carbocycles. The number of carbonyl (C=O) groups excluding carboxylic acids is 1. The summed E-state index contributed by atoms with van der Waals surface area (Å²) < 4.78 is 5.33. The van der Waals surface area contributed by atoms with Crippen molar-refractivity contribution < 1.29 is 14.6 Å². The Morgan fingerprint density at radius 3 is 2.28 bits per heavy atom. The van der Waals surface area contributed by atoms with Crippen LogP contribution in [0.2, 0.25) is 0 Å². The summed E-state index contributed by atoms with van der Waals surface area (Å²) in [6.45, 7) is 10.3. The SMILES string of the molecule is CCN(CC)C(=O)CN(C)CC(O)COC(C)C. The number of hydrogen-bond donors (Lipinski definition) is 1. The van der Waals surface area contributed by atoms with E-state index in [1.807, 2.05) is 39.6 Å². The Balaban J connectivity index is 3.95. The number of aliphatic hydroxyl groups excluding tert-OH is 1. The fourth-order valence-corrected chi connectivity index (χ4v) is 1.69. The smallest absolute Gasteiger partial charge is 0.236 e. The van der Waals surface area contributed by atoms with E-state index in [0.29, 0.717) is 19.7 Å². The van der Waals surface area contributed by atoms with E-state index in [1.54, 1.807) is 4.90 Å². The van der Waals surface area contributed by atoms with E-state index in [9.17, 15) is 9.90 Å². The van der Waals surface area contributed by atoms with Crippen LogP contribution in [-0.2, 0) is 9.53 Å². The highest BCUT2D eigenvalue weighted by Crippen LogP contribution is 1.97. The summed E-state index contributed by atoms with van der Waals surface area (Å²) >= 11 is 0. The van der Waals surface area contributed by atoms with Gasteiger partial charge < -0.3 is 14.7 Å². The van der Waals surface area contributed by atoms with E-state index in [4.69, 9.17) is 4.74 Å². The Bertz CT molecular complexity index is 230. The van der Waals surface area contributed by atoms with Crippen molar-refractivity contribution in [2.45, 2.75) is 39.9 Å². The van der Waals surface area contributed by atoms with Crippen LogP contribution in [0.5, 0.6) is 0 Å². The highest BCUT2D eigenvalue weighted by Gasteiger charge is 2.15. The van der Waals surface area contributed by atoms with Crippen molar-refractivity contribution in [1.29, 1.82) is 0 Å². The van der Waals surface area contributed by atoms with Crippen LogP contribution in [0.1, 0.15) is 27.7 Å². The molecular weight excluding hydrogens is 232 g/mol. The number of likely N-dealkylation sites (N-methyl/N-ethyl adjacent to an activating group) is 2. The van der Waals surface area contributed by atoms with Crippen LogP contribution in [0.3, 0.4) is 0 Å². The van der Waals surface area contributed by atoms with Crippen molar-refractivity contribution in [3.8, 4) is 0 Å². The standard InChI is InChI=1S/C13H28N2O3/c1-6-15(7-2)13(17)9-14(5)8-12(16)10-18-11(3)4/h11-12,16H,6-10H2,1-5H3. The highest BCUT2D eigenvalue weighted by atomic mass is 16.5. The Kier molecular flexibility index (Phi) is 8.97. The maximum Gasteiger partial charge on any atom is 0.236 e. The maximum absolute atomic E-state index is 11.8. The predicted molar refractivity (Wildman–Crippen MR) is 72.5 cm³/mol. The minimum atomic E-state index is -0.554. The molecule has 0 aromatic heterocycles. The van der Waals surface area contributed by atoms with Gasteiger partial charge >= 0.3 is 0 Å². The minimum absolute atomic E-state index is 0.0967. The van der Waals surface area contributed by atoms with Crippen molar-refractivity contribution in [3.05, 3.63) is 0 Å². The summed E-state index contributed by atoms with van der Waals surface area (Å²) in [6.07, 6.45) is -0.441. The number of nitrogens with zero attached hydrogens (tertiary/aromatic N) is 2. The van der Waals surface area contributed by atoms with Crippen molar-refractivity contribution in [2.75, 3.05) is 39.8 Å². The number of rotatable bonds is 9. The second kappa shape index (κ2) is 9.30. The van der Waals surface area contributed by atoms with Crippen LogP contribution >= 0.6 is 0 Å². The lowest BCUT2D eigenvalue weighted by Crippen LogP contribution is -2.42. The summed E-state index contributed by atoms with van der Waals surface area (Å²) in [6, 6.07) is 0. The van der Waals surface area contributed by atoms with Gasteiger partial charge in [-0.25, -0.2) is 0 Å². The van der Waals surface area contributed by atoms with Crippen LogP contribution in [0.15, 0.2) is 0 Å². The van der Waals surface area contributed by atoms with Gasteiger partial charge in [-0.2, -0.15) is 0 Å². The van der Waals surface area contributed by atoms with E-state index in [-0.39, 0.29) is 12.0 Å². The third-order valence-corrected chi connectivity index (χ3v) is 2.67. The normalized spacial score (nSPS) is 13.1. The molecule has 0 bridgehead atoms. The second-order valence-corrected chi connectivity index (χ2v) is 4.80. The third-order valence-electron chi connectivity index (χ3n) is 2.67. The number of ether oxygens (including phenoxy) is 1. The molecular formula is C13H28N2O3. The fraction of sp³-hybridized carbons (Fsp3) is 0.923.